The van der Waals surface area contributed by atoms with Crippen LogP contribution < -0.4 is 0 Å². The second-order valence-corrected chi connectivity index (χ2v) is 7.93. The predicted octanol–water partition coefficient (Wildman–Crippen LogP) is 4.80. The van der Waals surface area contributed by atoms with Crippen LogP contribution in [0.3, 0.4) is 0 Å². The monoisotopic (exact) mass is 339 g/mol. The lowest BCUT2D eigenvalue weighted by atomic mass is 10.1. The Kier molecular flexibility index (Phi) is 4.38. The molecule has 0 radical (unpaired) electrons. The Bertz CT molecular complexity index is 546. The third kappa shape index (κ3) is 3.46. The van der Waals surface area contributed by atoms with Gasteiger partial charge in [-0.1, -0.05) is 29.3 Å². The van der Waals surface area contributed by atoms with Gasteiger partial charge in [0.25, 0.3) is 0 Å². The fourth-order valence-corrected chi connectivity index (χ4v) is 4.18. The molecule has 0 bridgehead atoms. The van der Waals surface area contributed by atoms with Crippen molar-refractivity contribution in [1.29, 1.82) is 0 Å². The Morgan fingerprint density at radius 1 is 1.18 bits per heavy atom. The highest BCUT2D eigenvalue weighted by atomic mass is 35.5. The minimum Gasteiger partial charge on any atom is -0.371 e. The van der Waals surface area contributed by atoms with E-state index in [2.05, 4.69) is 4.90 Å². The zero-order chi connectivity index (χ0) is 15.1. The zero-order valence-electron chi connectivity index (χ0n) is 12.8. The Morgan fingerprint density at radius 2 is 2.05 bits per heavy atom. The van der Waals surface area contributed by atoms with Crippen LogP contribution in [0.2, 0.25) is 10.0 Å². The van der Waals surface area contributed by atoms with Gasteiger partial charge in [-0.25, -0.2) is 0 Å². The molecule has 1 aromatic carbocycles. The maximum atomic E-state index is 6.13. The van der Waals surface area contributed by atoms with Crippen LogP contribution in [0.1, 0.15) is 37.4 Å². The average molecular weight is 340 g/mol. The van der Waals surface area contributed by atoms with E-state index in [-0.39, 0.29) is 6.10 Å². The Morgan fingerprint density at radius 3 is 2.82 bits per heavy atom. The lowest BCUT2D eigenvalue weighted by molar-refractivity contribution is -0.0307. The van der Waals surface area contributed by atoms with E-state index in [4.69, 9.17) is 27.9 Å². The number of benzene rings is 1. The average Bonchev–Trinajstić information content (AvgIpc) is 3.41. The van der Waals surface area contributed by atoms with Gasteiger partial charge >= 0.3 is 0 Å². The van der Waals surface area contributed by atoms with Crippen molar-refractivity contribution in [2.24, 2.45) is 17.8 Å². The van der Waals surface area contributed by atoms with E-state index in [0.29, 0.717) is 10.0 Å². The highest BCUT2D eigenvalue weighted by Crippen LogP contribution is 2.55. The van der Waals surface area contributed by atoms with Gasteiger partial charge in [-0.2, -0.15) is 0 Å². The summed E-state index contributed by atoms with van der Waals surface area (Å²) in [6, 6.07) is 5.85. The van der Waals surface area contributed by atoms with Crippen molar-refractivity contribution in [2.45, 2.75) is 31.8 Å². The molecule has 2 saturated carbocycles. The summed E-state index contributed by atoms with van der Waals surface area (Å²) in [5, 5.41) is 1.23. The molecule has 3 aliphatic rings. The van der Waals surface area contributed by atoms with Crippen LogP contribution in [0.15, 0.2) is 18.2 Å². The number of morpholine rings is 1. The molecule has 0 aromatic heterocycles. The van der Waals surface area contributed by atoms with Crippen LogP contribution in [0.4, 0.5) is 0 Å². The van der Waals surface area contributed by atoms with Crippen LogP contribution in [0, 0.1) is 17.8 Å². The molecule has 3 fully saturated rings. The lowest BCUT2D eigenvalue weighted by Crippen LogP contribution is -2.39. The fourth-order valence-electron chi connectivity index (χ4n) is 3.87. The number of rotatable bonds is 5. The highest BCUT2D eigenvalue weighted by Gasteiger charge is 2.46. The molecular weight excluding hydrogens is 317 g/mol. The first-order chi connectivity index (χ1) is 10.7. The van der Waals surface area contributed by atoms with Gasteiger partial charge in [0.15, 0.2) is 0 Å². The third-order valence-corrected chi connectivity index (χ3v) is 6.23. The molecule has 3 atom stereocenters. The minimum absolute atomic E-state index is 0.127. The predicted molar refractivity (Wildman–Crippen MR) is 90.5 cm³/mol. The Balaban J connectivity index is 1.30. The van der Waals surface area contributed by atoms with Crippen molar-refractivity contribution in [3.8, 4) is 0 Å². The molecule has 0 N–H and O–H groups in total. The second kappa shape index (κ2) is 6.32. The number of ether oxygens (including phenoxy) is 1. The maximum absolute atomic E-state index is 6.13. The van der Waals surface area contributed by atoms with E-state index in [1.807, 2.05) is 18.2 Å². The first-order valence-corrected chi connectivity index (χ1v) is 9.25. The first-order valence-electron chi connectivity index (χ1n) is 8.49. The summed E-state index contributed by atoms with van der Waals surface area (Å²) in [7, 11) is 0. The SMILES string of the molecule is Clc1ccc(C2CN(CC[C@@H]3C[C@H]3C3CC3)CCO2)cc1Cl. The molecule has 1 saturated heterocycles. The Hall–Kier alpha value is -0.280. The van der Waals surface area contributed by atoms with Crippen LogP contribution in [-0.2, 0) is 4.74 Å². The smallest absolute Gasteiger partial charge is 0.0952 e. The Labute approximate surface area is 142 Å². The van der Waals surface area contributed by atoms with Gasteiger partial charge in [-0.3, -0.25) is 4.90 Å². The summed E-state index contributed by atoms with van der Waals surface area (Å²) < 4.78 is 5.94. The highest BCUT2D eigenvalue weighted by molar-refractivity contribution is 6.42. The van der Waals surface area contributed by atoms with Gasteiger partial charge < -0.3 is 4.74 Å². The second-order valence-electron chi connectivity index (χ2n) is 7.12. The van der Waals surface area contributed by atoms with Crippen molar-refractivity contribution >= 4 is 23.2 Å². The van der Waals surface area contributed by atoms with Crippen molar-refractivity contribution in [3.63, 3.8) is 0 Å². The van der Waals surface area contributed by atoms with Gasteiger partial charge in [-0.15, -0.1) is 0 Å². The molecule has 0 spiro atoms. The molecule has 1 aliphatic heterocycles. The molecule has 2 aliphatic carbocycles. The summed E-state index contributed by atoms with van der Waals surface area (Å²) >= 11 is 12.1. The first kappa shape index (κ1) is 15.3. The van der Waals surface area contributed by atoms with Crippen molar-refractivity contribution in [2.75, 3.05) is 26.2 Å². The van der Waals surface area contributed by atoms with Crippen molar-refractivity contribution < 1.29 is 4.74 Å². The van der Waals surface area contributed by atoms with Gasteiger partial charge in [0, 0.05) is 13.1 Å². The molecule has 4 rings (SSSR count). The largest absolute Gasteiger partial charge is 0.371 e. The quantitative estimate of drug-likeness (QED) is 0.763. The van der Waals surface area contributed by atoms with Crippen LogP contribution >= 0.6 is 23.2 Å². The third-order valence-electron chi connectivity index (χ3n) is 5.49. The molecular formula is C18H23Cl2NO. The topological polar surface area (TPSA) is 12.5 Å². The molecule has 120 valence electrons. The van der Waals surface area contributed by atoms with E-state index in [9.17, 15) is 0 Å². The lowest BCUT2D eigenvalue weighted by Gasteiger charge is -2.33. The molecule has 0 amide bonds. The van der Waals surface area contributed by atoms with Crippen LogP contribution in [0.25, 0.3) is 0 Å². The summed E-state index contributed by atoms with van der Waals surface area (Å²) in [5.74, 6) is 3.18. The van der Waals surface area contributed by atoms with E-state index in [1.165, 1.54) is 32.2 Å². The molecule has 2 nitrogen and oxygen atoms in total. The molecule has 1 aromatic rings. The van der Waals surface area contributed by atoms with Crippen molar-refractivity contribution in [3.05, 3.63) is 33.8 Å². The molecule has 1 unspecified atom stereocenters. The van der Waals surface area contributed by atoms with E-state index < -0.39 is 0 Å². The summed E-state index contributed by atoms with van der Waals surface area (Å²) in [5.41, 5.74) is 1.14. The van der Waals surface area contributed by atoms with E-state index >= 15 is 0 Å². The van der Waals surface area contributed by atoms with E-state index in [0.717, 1.165) is 43.0 Å². The summed E-state index contributed by atoms with van der Waals surface area (Å²) in [4.78, 5) is 2.55. The molecule has 4 heteroatoms. The summed E-state index contributed by atoms with van der Waals surface area (Å²) in [6.07, 6.45) is 5.98. The van der Waals surface area contributed by atoms with Gasteiger partial charge in [0.05, 0.1) is 22.8 Å². The normalized spacial score (nSPS) is 32.2. The van der Waals surface area contributed by atoms with Gasteiger partial charge in [0.2, 0.25) is 0 Å². The zero-order valence-corrected chi connectivity index (χ0v) is 14.3. The number of halogens is 2. The van der Waals surface area contributed by atoms with E-state index in [1.54, 1.807) is 0 Å². The molecule has 1 heterocycles. The maximum Gasteiger partial charge on any atom is 0.0952 e. The fraction of sp³-hybridized carbons (Fsp3) is 0.667. The minimum atomic E-state index is 0.127. The summed E-state index contributed by atoms with van der Waals surface area (Å²) in [6.45, 7) is 4.05. The van der Waals surface area contributed by atoms with Crippen LogP contribution in [0.5, 0.6) is 0 Å². The number of nitrogens with zero attached hydrogens (tertiary/aromatic N) is 1. The standard InChI is InChI=1S/C18H23Cl2NO/c19-16-4-3-14(10-17(16)20)18-11-21(7-8-22-18)6-5-13-9-15(13)12-1-2-12/h3-4,10,12-13,15,18H,1-2,5-9,11H2/t13-,15+,18?/m1/s1. The molecule has 22 heavy (non-hydrogen) atoms. The van der Waals surface area contributed by atoms with Crippen molar-refractivity contribution in [1.82, 2.24) is 4.90 Å². The van der Waals surface area contributed by atoms with Gasteiger partial charge in [-0.05, 0) is 67.7 Å². The van der Waals surface area contributed by atoms with Crippen LogP contribution in [-0.4, -0.2) is 31.1 Å². The number of hydrogen-bond acceptors (Lipinski definition) is 2. The number of hydrogen-bond donors (Lipinski definition) is 0. The van der Waals surface area contributed by atoms with Gasteiger partial charge in [0.1, 0.15) is 0 Å².